The highest BCUT2D eigenvalue weighted by Crippen LogP contribution is 2.43. The molecule has 0 aliphatic rings. The van der Waals surface area contributed by atoms with Crippen LogP contribution in [0.3, 0.4) is 0 Å². The summed E-state index contributed by atoms with van der Waals surface area (Å²) in [5, 5.41) is 0. The van der Waals surface area contributed by atoms with E-state index in [-0.39, 0.29) is 38.6 Å². The SMILES string of the molecule is CCCCCC/C=C\CCCCCCCC(=O)OC(COC(=O)CCCCCCCCCCCCCCCCCCCCCC)COP(=O)(O)OCCN. The van der Waals surface area contributed by atoms with E-state index in [2.05, 4.69) is 26.0 Å². The average molecular weight is 788 g/mol. The molecule has 2 unspecified atom stereocenters. The third-order valence-electron chi connectivity index (χ3n) is 9.90. The Morgan fingerprint density at radius 3 is 1.33 bits per heavy atom. The maximum atomic E-state index is 12.6. The Bertz CT molecular complexity index is 902. The van der Waals surface area contributed by atoms with Gasteiger partial charge in [0, 0.05) is 19.4 Å². The van der Waals surface area contributed by atoms with Gasteiger partial charge in [0.1, 0.15) is 6.61 Å². The lowest BCUT2D eigenvalue weighted by Crippen LogP contribution is -2.29. The summed E-state index contributed by atoms with van der Waals surface area (Å²) < 4.78 is 32.8. The van der Waals surface area contributed by atoms with E-state index in [9.17, 15) is 19.0 Å². The summed E-state index contributed by atoms with van der Waals surface area (Å²) in [6.07, 6.45) is 42.4. The van der Waals surface area contributed by atoms with Gasteiger partial charge in [0.25, 0.3) is 0 Å². The third kappa shape index (κ3) is 40.4. The van der Waals surface area contributed by atoms with Gasteiger partial charge in [-0.1, -0.05) is 187 Å². The van der Waals surface area contributed by atoms with E-state index in [1.165, 1.54) is 141 Å². The summed E-state index contributed by atoms with van der Waals surface area (Å²) in [6.45, 7) is 3.74. The summed E-state index contributed by atoms with van der Waals surface area (Å²) in [4.78, 5) is 34.9. The van der Waals surface area contributed by atoms with Crippen molar-refractivity contribution in [3.63, 3.8) is 0 Å². The largest absolute Gasteiger partial charge is 0.472 e. The molecule has 0 amide bonds. The molecule has 9 nitrogen and oxygen atoms in total. The molecule has 0 radical (unpaired) electrons. The van der Waals surface area contributed by atoms with Crippen LogP contribution in [0.2, 0.25) is 0 Å². The zero-order valence-electron chi connectivity index (χ0n) is 35.2. The van der Waals surface area contributed by atoms with E-state index in [4.69, 9.17) is 24.3 Å². The molecule has 0 fully saturated rings. The number of carbonyl (C=O) groups is 2. The molecule has 0 rings (SSSR count). The van der Waals surface area contributed by atoms with Gasteiger partial charge in [-0.25, -0.2) is 4.57 Å². The van der Waals surface area contributed by atoms with Gasteiger partial charge in [-0.3, -0.25) is 18.6 Å². The first kappa shape index (κ1) is 52.8. The Hall–Kier alpha value is -1.25. The number of rotatable bonds is 43. The number of phosphoric acid groups is 1. The Kier molecular flexibility index (Phi) is 40.4. The zero-order valence-corrected chi connectivity index (χ0v) is 36.1. The normalized spacial score (nSPS) is 13.3. The lowest BCUT2D eigenvalue weighted by molar-refractivity contribution is -0.161. The van der Waals surface area contributed by atoms with Crippen LogP contribution in [0, 0.1) is 0 Å². The van der Waals surface area contributed by atoms with E-state index in [1.54, 1.807) is 0 Å². The maximum absolute atomic E-state index is 12.6. The van der Waals surface area contributed by atoms with Crippen molar-refractivity contribution >= 4 is 19.8 Å². The second-order valence-corrected chi connectivity index (χ2v) is 16.7. The highest BCUT2D eigenvalue weighted by molar-refractivity contribution is 7.47. The van der Waals surface area contributed by atoms with Crippen LogP contribution < -0.4 is 5.73 Å². The number of esters is 2. The molecule has 0 aliphatic carbocycles. The van der Waals surface area contributed by atoms with Crippen LogP contribution in [-0.2, 0) is 32.7 Å². The van der Waals surface area contributed by atoms with E-state index in [1.807, 2.05) is 0 Å². The Morgan fingerprint density at radius 2 is 0.907 bits per heavy atom. The quantitative estimate of drug-likeness (QED) is 0.0268. The second-order valence-electron chi connectivity index (χ2n) is 15.3. The predicted octanol–water partition coefficient (Wildman–Crippen LogP) is 13.0. The molecule has 10 heteroatoms. The lowest BCUT2D eigenvalue weighted by atomic mass is 10.0. The molecule has 0 saturated heterocycles. The number of unbranched alkanes of at least 4 members (excludes halogenated alkanes) is 28. The first-order chi connectivity index (χ1) is 26.3. The van der Waals surface area contributed by atoms with Crippen molar-refractivity contribution < 1.29 is 37.6 Å². The van der Waals surface area contributed by atoms with Crippen molar-refractivity contribution in [1.29, 1.82) is 0 Å². The van der Waals surface area contributed by atoms with Crippen LogP contribution in [-0.4, -0.2) is 49.3 Å². The number of allylic oxidation sites excluding steroid dienone is 2. The van der Waals surface area contributed by atoms with Crippen molar-refractivity contribution in [3.8, 4) is 0 Å². The molecule has 0 aromatic rings. The fourth-order valence-corrected chi connectivity index (χ4v) is 7.28. The minimum Gasteiger partial charge on any atom is -0.462 e. The van der Waals surface area contributed by atoms with Crippen molar-refractivity contribution in [1.82, 2.24) is 0 Å². The van der Waals surface area contributed by atoms with Crippen molar-refractivity contribution in [2.45, 2.75) is 232 Å². The van der Waals surface area contributed by atoms with Crippen molar-refractivity contribution in [2.24, 2.45) is 5.73 Å². The number of phosphoric ester groups is 1. The average Bonchev–Trinajstić information content (AvgIpc) is 3.16. The van der Waals surface area contributed by atoms with Crippen LogP contribution in [0.1, 0.15) is 226 Å². The van der Waals surface area contributed by atoms with Gasteiger partial charge in [-0.2, -0.15) is 0 Å². The summed E-state index contributed by atoms with van der Waals surface area (Å²) >= 11 is 0. The van der Waals surface area contributed by atoms with Gasteiger partial charge >= 0.3 is 19.8 Å². The molecule has 0 aromatic heterocycles. The summed E-state index contributed by atoms with van der Waals surface area (Å²) in [7, 11) is -4.37. The Morgan fingerprint density at radius 1 is 0.537 bits per heavy atom. The fraction of sp³-hybridized carbons (Fsp3) is 0.909. The number of ether oxygens (including phenoxy) is 2. The molecule has 0 spiro atoms. The van der Waals surface area contributed by atoms with Crippen molar-refractivity contribution in [3.05, 3.63) is 12.2 Å². The Balaban J connectivity index is 4.05. The third-order valence-corrected chi connectivity index (χ3v) is 10.9. The molecule has 3 N–H and O–H groups in total. The molecule has 0 saturated carbocycles. The van der Waals surface area contributed by atoms with E-state index in [0.717, 1.165) is 51.4 Å². The molecule has 320 valence electrons. The lowest BCUT2D eigenvalue weighted by Gasteiger charge is -2.19. The van der Waals surface area contributed by atoms with Gasteiger partial charge < -0.3 is 20.1 Å². The molecular weight excluding hydrogens is 701 g/mol. The molecule has 0 aliphatic heterocycles. The number of nitrogens with two attached hydrogens (primary N) is 1. The summed E-state index contributed by atoms with van der Waals surface area (Å²) in [5.74, 6) is -0.827. The van der Waals surface area contributed by atoms with Gasteiger partial charge in [-0.05, 0) is 38.5 Å². The van der Waals surface area contributed by atoms with Gasteiger partial charge in [0.2, 0.25) is 0 Å². The molecular formula is C44H86NO8P. The standard InChI is InChI=1S/C44H86NO8P/c1-3-5-7-9-11-13-15-17-18-19-20-21-22-23-25-26-28-30-32-34-36-43(46)50-40-42(41-52-54(48,49)51-39-38-45)53-44(47)37-35-33-31-29-27-24-16-14-12-10-8-6-4-2/h14,16,42H,3-13,15,17-41,45H2,1-2H3,(H,48,49)/b16-14-. The topological polar surface area (TPSA) is 134 Å². The zero-order chi connectivity index (χ0) is 39.6. The van der Waals surface area contributed by atoms with E-state index >= 15 is 0 Å². The summed E-state index contributed by atoms with van der Waals surface area (Å²) in [5.41, 5.74) is 5.35. The molecule has 0 bridgehead atoms. The minimum absolute atomic E-state index is 0.0548. The monoisotopic (exact) mass is 788 g/mol. The van der Waals surface area contributed by atoms with Crippen LogP contribution >= 0.6 is 7.82 Å². The van der Waals surface area contributed by atoms with Crippen LogP contribution in [0.5, 0.6) is 0 Å². The minimum atomic E-state index is -4.37. The first-order valence-corrected chi connectivity index (χ1v) is 24.2. The van der Waals surface area contributed by atoms with E-state index in [0.29, 0.717) is 6.42 Å². The molecule has 2 atom stereocenters. The van der Waals surface area contributed by atoms with E-state index < -0.39 is 26.5 Å². The highest BCUT2D eigenvalue weighted by atomic mass is 31.2. The highest BCUT2D eigenvalue weighted by Gasteiger charge is 2.26. The van der Waals surface area contributed by atoms with Crippen molar-refractivity contribution in [2.75, 3.05) is 26.4 Å². The Labute approximate surface area is 332 Å². The number of hydrogen-bond donors (Lipinski definition) is 2. The molecule has 54 heavy (non-hydrogen) atoms. The second kappa shape index (κ2) is 41.4. The smallest absolute Gasteiger partial charge is 0.462 e. The van der Waals surface area contributed by atoms with Gasteiger partial charge in [0.05, 0.1) is 13.2 Å². The van der Waals surface area contributed by atoms with Gasteiger partial charge in [0.15, 0.2) is 6.10 Å². The number of hydrogen-bond acceptors (Lipinski definition) is 8. The fourth-order valence-electron chi connectivity index (χ4n) is 6.51. The summed E-state index contributed by atoms with van der Waals surface area (Å²) in [6, 6.07) is 0. The van der Waals surface area contributed by atoms with Crippen LogP contribution in [0.15, 0.2) is 12.2 Å². The van der Waals surface area contributed by atoms with Gasteiger partial charge in [-0.15, -0.1) is 0 Å². The molecule has 0 aromatic carbocycles. The van der Waals surface area contributed by atoms with Crippen LogP contribution in [0.25, 0.3) is 0 Å². The molecule has 0 heterocycles. The first-order valence-electron chi connectivity index (χ1n) is 22.7. The number of carbonyl (C=O) groups excluding carboxylic acids is 2. The van der Waals surface area contributed by atoms with Crippen LogP contribution in [0.4, 0.5) is 0 Å². The predicted molar refractivity (Wildman–Crippen MR) is 224 cm³/mol. The maximum Gasteiger partial charge on any atom is 0.472 e.